The van der Waals surface area contributed by atoms with Gasteiger partial charge in [0, 0.05) is 24.8 Å². The van der Waals surface area contributed by atoms with Crippen LogP contribution in [0, 0.1) is 0 Å². The van der Waals surface area contributed by atoms with Crippen LogP contribution in [0.15, 0.2) is 22.9 Å². The Hall–Kier alpha value is -0.950. The van der Waals surface area contributed by atoms with Crippen LogP contribution in [0.1, 0.15) is 10.4 Å². The molecule has 0 atom stereocenters. The summed E-state index contributed by atoms with van der Waals surface area (Å²) >= 11 is 3.19. The van der Waals surface area contributed by atoms with E-state index in [-0.39, 0.29) is 30.5 Å². The molecule has 2 heterocycles. The standard InChI is InChI=1S/C10H11BrN2O3S/c11-9-7-8(1-2-12-9)10(14)13-3-5-17(15,16)6-4-13/h1-2,7H,3-6H2. The molecule has 17 heavy (non-hydrogen) atoms. The van der Waals surface area contributed by atoms with Crippen molar-refractivity contribution < 1.29 is 13.2 Å². The Bertz CT molecular complexity index is 530. The number of hydrogen-bond donors (Lipinski definition) is 0. The lowest BCUT2D eigenvalue weighted by molar-refractivity contribution is 0.0770. The fourth-order valence-electron chi connectivity index (χ4n) is 1.63. The van der Waals surface area contributed by atoms with Crippen molar-refractivity contribution in [2.24, 2.45) is 0 Å². The third-order valence-electron chi connectivity index (χ3n) is 2.61. The van der Waals surface area contributed by atoms with E-state index in [1.165, 1.54) is 6.20 Å². The second kappa shape index (κ2) is 4.73. The van der Waals surface area contributed by atoms with E-state index < -0.39 is 9.84 Å². The first-order valence-electron chi connectivity index (χ1n) is 5.09. The topological polar surface area (TPSA) is 67.3 Å². The molecule has 0 N–H and O–H groups in total. The summed E-state index contributed by atoms with van der Waals surface area (Å²) in [5, 5.41) is 0. The summed E-state index contributed by atoms with van der Waals surface area (Å²) < 4.78 is 23.1. The van der Waals surface area contributed by atoms with Gasteiger partial charge in [-0.2, -0.15) is 0 Å². The largest absolute Gasteiger partial charge is 0.337 e. The minimum atomic E-state index is -2.96. The van der Waals surface area contributed by atoms with Gasteiger partial charge in [-0.05, 0) is 28.1 Å². The van der Waals surface area contributed by atoms with Gasteiger partial charge < -0.3 is 4.90 Å². The number of sulfone groups is 1. The molecule has 0 bridgehead atoms. The normalized spacial score (nSPS) is 19.0. The maximum absolute atomic E-state index is 12.0. The van der Waals surface area contributed by atoms with Gasteiger partial charge in [-0.1, -0.05) is 0 Å². The number of aromatic nitrogens is 1. The zero-order chi connectivity index (χ0) is 12.5. The van der Waals surface area contributed by atoms with E-state index in [4.69, 9.17) is 0 Å². The average Bonchev–Trinajstić information content (AvgIpc) is 2.28. The molecular formula is C10H11BrN2O3S. The molecule has 1 aliphatic heterocycles. The summed E-state index contributed by atoms with van der Waals surface area (Å²) in [6, 6.07) is 3.25. The van der Waals surface area contributed by atoms with Crippen molar-refractivity contribution in [2.75, 3.05) is 24.6 Å². The second-order valence-electron chi connectivity index (χ2n) is 3.81. The molecule has 0 saturated carbocycles. The number of halogens is 1. The Kier molecular flexibility index (Phi) is 3.48. The van der Waals surface area contributed by atoms with E-state index in [9.17, 15) is 13.2 Å². The van der Waals surface area contributed by atoms with Gasteiger partial charge in [-0.3, -0.25) is 4.79 Å². The van der Waals surface area contributed by atoms with Crippen LogP contribution in [0.25, 0.3) is 0 Å². The highest BCUT2D eigenvalue weighted by Crippen LogP contribution is 2.13. The number of hydrogen-bond acceptors (Lipinski definition) is 4. The number of nitrogens with zero attached hydrogens (tertiary/aromatic N) is 2. The monoisotopic (exact) mass is 318 g/mol. The summed E-state index contributed by atoms with van der Waals surface area (Å²) in [5.74, 6) is -0.0568. The molecule has 1 aromatic heterocycles. The van der Waals surface area contributed by atoms with Crippen molar-refractivity contribution in [3.63, 3.8) is 0 Å². The van der Waals surface area contributed by atoms with Crippen LogP contribution in [-0.4, -0.2) is 48.8 Å². The zero-order valence-electron chi connectivity index (χ0n) is 8.97. The third-order valence-corrected chi connectivity index (χ3v) is 4.65. The summed E-state index contributed by atoms with van der Waals surface area (Å²) in [4.78, 5) is 17.5. The molecule has 0 radical (unpaired) electrons. The van der Waals surface area contributed by atoms with Gasteiger partial charge in [-0.25, -0.2) is 13.4 Å². The molecule has 1 aromatic rings. The van der Waals surface area contributed by atoms with Crippen molar-refractivity contribution >= 4 is 31.7 Å². The molecule has 0 unspecified atom stereocenters. The predicted molar refractivity (Wildman–Crippen MR) is 66.5 cm³/mol. The highest BCUT2D eigenvalue weighted by Gasteiger charge is 2.25. The molecular weight excluding hydrogens is 308 g/mol. The second-order valence-corrected chi connectivity index (χ2v) is 6.93. The van der Waals surface area contributed by atoms with E-state index in [0.717, 1.165) is 0 Å². The first-order valence-corrected chi connectivity index (χ1v) is 7.71. The number of carbonyl (C=O) groups excluding carboxylic acids is 1. The third kappa shape index (κ3) is 3.04. The van der Waals surface area contributed by atoms with Crippen LogP contribution < -0.4 is 0 Å². The SMILES string of the molecule is O=C(c1ccnc(Br)c1)N1CCS(=O)(=O)CC1. The minimum absolute atomic E-state index is 0.0466. The van der Waals surface area contributed by atoms with Gasteiger partial charge in [0.1, 0.15) is 4.60 Å². The van der Waals surface area contributed by atoms with Crippen LogP contribution in [0.2, 0.25) is 0 Å². The van der Waals surface area contributed by atoms with Crippen molar-refractivity contribution in [3.05, 3.63) is 28.5 Å². The van der Waals surface area contributed by atoms with Crippen LogP contribution in [-0.2, 0) is 9.84 Å². The summed E-state index contributed by atoms with van der Waals surface area (Å²) in [7, 11) is -2.96. The lowest BCUT2D eigenvalue weighted by Crippen LogP contribution is -2.43. The molecule has 0 aromatic carbocycles. The Labute approximate surface area is 108 Å². The zero-order valence-corrected chi connectivity index (χ0v) is 11.4. The lowest BCUT2D eigenvalue weighted by atomic mass is 10.2. The first-order chi connectivity index (χ1) is 7.98. The Balaban J connectivity index is 2.12. The van der Waals surface area contributed by atoms with Gasteiger partial charge in [0.25, 0.3) is 5.91 Å². The van der Waals surface area contributed by atoms with Crippen molar-refractivity contribution in [1.29, 1.82) is 0 Å². The molecule has 5 nitrogen and oxygen atoms in total. The van der Waals surface area contributed by atoms with Crippen molar-refractivity contribution in [3.8, 4) is 0 Å². The van der Waals surface area contributed by atoms with Gasteiger partial charge in [0.15, 0.2) is 9.84 Å². The molecule has 2 rings (SSSR count). The fraction of sp³-hybridized carbons (Fsp3) is 0.400. The quantitative estimate of drug-likeness (QED) is 0.715. The molecule has 1 fully saturated rings. The smallest absolute Gasteiger partial charge is 0.254 e. The van der Waals surface area contributed by atoms with Gasteiger partial charge in [0.05, 0.1) is 11.5 Å². The van der Waals surface area contributed by atoms with E-state index in [1.807, 2.05) is 0 Å². The maximum Gasteiger partial charge on any atom is 0.254 e. The fourth-order valence-corrected chi connectivity index (χ4v) is 3.20. The number of amides is 1. The van der Waals surface area contributed by atoms with E-state index in [2.05, 4.69) is 20.9 Å². The lowest BCUT2D eigenvalue weighted by Gasteiger charge is -2.26. The molecule has 92 valence electrons. The highest BCUT2D eigenvalue weighted by molar-refractivity contribution is 9.10. The average molecular weight is 319 g/mol. The van der Waals surface area contributed by atoms with E-state index in [0.29, 0.717) is 10.2 Å². The molecule has 0 spiro atoms. The molecule has 7 heteroatoms. The number of pyridine rings is 1. The molecule has 1 amide bonds. The summed E-state index contributed by atoms with van der Waals surface area (Å²) in [6.45, 7) is 0.530. The molecule has 1 aliphatic rings. The Morgan fingerprint density at radius 1 is 1.35 bits per heavy atom. The van der Waals surface area contributed by atoms with Crippen molar-refractivity contribution in [1.82, 2.24) is 9.88 Å². The number of rotatable bonds is 1. The van der Waals surface area contributed by atoms with Crippen molar-refractivity contribution in [2.45, 2.75) is 0 Å². The van der Waals surface area contributed by atoms with Crippen LogP contribution in [0.4, 0.5) is 0 Å². The predicted octanol–water partition coefficient (Wildman–Crippen LogP) is 0.715. The van der Waals surface area contributed by atoms with Gasteiger partial charge in [0.2, 0.25) is 0 Å². The summed E-state index contributed by atoms with van der Waals surface area (Å²) in [5.41, 5.74) is 0.520. The number of carbonyl (C=O) groups is 1. The van der Waals surface area contributed by atoms with E-state index >= 15 is 0 Å². The van der Waals surface area contributed by atoms with Crippen LogP contribution >= 0.6 is 15.9 Å². The highest BCUT2D eigenvalue weighted by atomic mass is 79.9. The Morgan fingerprint density at radius 2 is 2.00 bits per heavy atom. The summed E-state index contributed by atoms with van der Waals surface area (Å²) in [6.07, 6.45) is 1.54. The first kappa shape index (κ1) is 12.5. The molecule has 0 aliphatic carbocycles. The Morgan fingerprint density at radius 3 is 2.59 bits per heavy atom. The molecule has 1 saturated heterocycles. The van der Waals surface area contributed by atoms with E-state index in [1.54, 1.807) is 17.0 Å². The van der Waals surface area contributed by atoms with Crippen LogP contribution in [0.5, 0.6) is 0 Å². The van der Waals surface area contributed by atoms with Gasteiger partial charge >= 0.3 is 0 Å². The van der Waals surface area contributed by atoms with Gasteiger partial charge in [-0.15, -0.1) is 0 Å². The minimum Gasteiger partial charge on any atom is -0.337 e. The van der Waals surface area contributed by atoms with Crippen LogP contribution in [0.3, 0.4) is 0 Å². The maximum atomic E-state index is 12.0.